The van der Waals surface area contributed by atoms with Gasteiger partial charge in [-0.2, -0.15) is 0 Å². The Bertz CT molecular complexity index is 726. The lowest BCUT2D eigenvalue weighted by Crippen LogP contribution is -1.87. The average Bonchev–Trinajstić information content (AvgIpc) is 2.79. The summed E-state index contributed by atoms with van der Waals surface area (Å²) in [5.74, 6) is 0.211. The van der Waals surface area contributed by atoms with Gasteiger partial charge in [-0.3, -0.25) is 0 Å². The van der Waals surface area contributed by atoms with Crippen LogP contribution in [-0.2, 0) is 6.42 Å². The van der Waals surface area contributed by atoms with Gasteiger partial charge in [-0.15, -0.1) is 0 Å². The quantitative estimate of drug-likeness (QED) is 0.219. The molecule has 2 aromatic carbocycles. The minimum Gasteiger partial charge on any atom is -0.508 e. The molecule has 0 spiro atoms. The number of unbranched alkanes of at least 4 members (excludes halogenated alkanes) is 14. The fourth-order valence-corrected chi connectivity index (χ4v) is 4.97. The molecule has 0 amide bonds. The van der Waals surface area contributed by atoms with Crippen molar-refractivity contribution in [1.29, 1.82) is 0 Å². The summed E-state index contributed by atoms with van der Waals surface area (Å²) in [4.78, 5) is 1.86. The molecule has 0 unspecified atom stereocenters. The fraction of sp³-hybridized carbons (Fsp3) is 0.586. The Labute approximate surface area is 200 Å². The van der Waals surface area contributed by atoms with Gasteiger partial charge in [0.05, 0.1) is 4.90 Å². The lowest BCUT2D eigenvalue weighted by molar-refractivity contribution is 0.442. The summed E-state index contributed by atoms with van der Waals surface area (Å²) in [6.45, 7) is 2.29. The predicted molar refractivity (Wildman–Crippen MR) is 139 cm³/mol. The van der Waals surface area contributed by atoms with Crippen LogP contribution in [0.1, 0.15) is 109 Å². The van der Waals surface area contributed by atoms with Gasteiger partial charge in [-0.05, 0) is 42.7 Å². The zero-order chi connectivity index (χ0) is 22.9. The van der Waals surface area contributed by atoms with Gasteiger partial charge in [0.1, 0.15) is 11.5 Å². The number of phenols is 2. The van der Waals surface area contributed by atoms with E-state index in [1.54, 1.807) is 12.1 Å². The van der Waals surface area contributed by atoms with E-state index < -0.39 is 0 Å². The summed E-state index contributed by atoms with van der Waals surface area (Å²) in [6.07, 6.45) is 22.2. The standard InChI is InChI=1S/C29H44O2S/c1-2-3-4-5-6-7-8-9-10-11-12-13-14-15-16-17-25-18-21-27(22-19-25)32-29-23-20-26(30)24-28(29)31/h18-24,30-31H,2-17H2,1H3. The molecular weight excluding hydrogens is 412 g/mol. The summed E-state index contributed by atoms with van der Waals surface area (Å²) in [7, 11) is 0. The van der Waals surface area contributed by atoms with Crippen LogP contribution in [0.5, 0.6) is 11.5 Å². The molecule has 0 atom stereocenters. The van der Waals surface area contributed by atoms with Crippen LogP contribution in [0.3, 0.4) is 0 Å². The van der Waals surface area contributed by atoms with Gasteiger partial charge in [-0.1, -0.05) is 121 Å². The third-order valence-electron chi connectivity index (χ3n) is 6.16. The number of hydrogen-bond donors (Lipinski definition) is 2. The molecule has 0 aliphatic rings. The first-order chi connectivity index (χ1) is 15.7. The van der Waals surface area contributed by atoms with Crippen molar-refractivity contribution in [3.63, 3.8) is 0 Å². The van der Waals surface area contributed by atoms with E-state index in [9.17, 15) is 10.2 Å². The first-order valence-electron chi connectivity index (χ1n) is 13.0. The van der Waals surface area contributed by atoms with Gasteiger partial charge < -0.3 is 10.2 Å². The largest absolute Gasteiger partial charge is 0.508 e. The molecule has 2 N–H and O–H groups in total. The SMILES string of the molecule is CCCCCCCCCCCCCCCCCc1ccc(Sc2ccc(O)cc2O)cc1. The van der Waals surface area contributed by atoms with Crippen LogP contribution in [0.2, 0.25) is 0 Å². The van der Waals surface area contributed by atoms with E-state index in [-0.39, 0.29) is 11.5 Å². The second kappa shape index (κ2) is 16.9. The number of phenolic OH excluding ortho intramolecular Hbond substituents is 2. The van der Waals surface area contributed by atoms with Crippen LogP contribution in [0, 0.1) is 0 Å². The lowest BCUT2D eigenvalue weighted by atomic mass is 10.0. The van der Waals surface area contributed by atoms with Crippen LogP contribution in [0.25, 0.3) is 0 Å². The molecule has 0 heterocycles. The first kappa shape index (κ1) is 26.6. The van der Waals surface area contributed by atoms with E-state index in [4.69, 9.17) is 0 Å². The van der Waals surface area contributed by atoms with Gasteiger partial charge in [0.25, 0.3) is 0 Å². The highest BCUT2D eigenvalue weighted by Crippen LogP contribution is 2.36. The summed E-state index contributed by atoms with van der Waals surface area (Å²) < 4.78 is 0. The Kier molecular flexibility index (Phi) is 14.1. The van der Waals surface area contributed by atoms with Crippen molar-refractivity contribution in [2.24, 2.45) is 0 Å². The molecular formula is C29H44O2S. The molecule has 178 valence electrons. The smallest absolute Gasteiger partial charge is 0.133 e. The highest BCUT2D eigenvalue weighted by molar-refractivity contribution is 7.99. The Hall–Kier alpha value is -1.61. The van der Waals surface area contributed by atoms with Gasteiger partial charge in [0, 0.05) is 11.0 Å². The fourth-order valence-electron chi connectivity index (χ4n) is 4.14. The Balaban J connectivity index is 1.44. The normalized spacial score (nSPS) is 11.2. The third-order valence-corrected chi connectivity index (χ3v) is 7.24. The number of aryl methyl sites for hydroxylation is 1. The van der Waals surface area contributed by atoms with E-state index in [1.807, 2.05) is 0 Å². The maximum absolute atomic E-state index is 9.93. The van der Waals surface area contributed by atoms with Crippen LogP contribution in [0.4, 0.5) is 0 Å². The Morgan fingerprint density at radius 3 is 1.59 bits per heavy atom. The van der Waals surface area contributed by atoms with Crippen molar-refractivity contribution in [2.45, 2.75) is 119 Å². The average molecular weight is 457 g/mol. The van der Waals surface area contributed by atoms with E-state index in [2.05, 4.69) is 31.2 Å². The Morgan fingerprint density at radius 1 is 0.594 bits per heavy atom. The minimum absolute atomic E-state index is 0.0886. The highest BCUT2D eigenvalue weighted by Gasteiger charge is 2.05. The summed E-state index contributed by atoms with van der Waals surface area (Å²) in [6, 6.07) is 13.4. The molecule has 0 fully saturated rings. The van der Waals surface area contributed by atoms with Gasteiger partial charge in [-0.25, -0.2) is 0 Å². The number of benzene rings is 2. The van der Waals surface area contributed by atoms with Crippen molar-refractivity contribution in [3.8, 4) is 11.5 Å². The topological polar surface area (TPSA) is 40.5 Å². The molecule has 0 saturated carbocycles. The Morgan fingerprint density at radius 2 is 1.09 bits per heavy atom. The van der Waals surface area contributed by atoms with Gasteiger partial charge in [0.15, 0.2) is 0 Å². The van der Waals surface area contributed by atoms with Crippen LogP contribution in [-0.4, -0.2) is 10.2 Å². The van der Waals surface area contributed by atoms with E-state index in [0.29, 0.717) is 0 Å². The summed E-state index contributed by atoms with van der Waals surface area (Å²) >= 11 is 1.52. The number of hydrogen-bond acceptors (Lipinski definition) is 3. The molecule has 0 saturated heterocycles. The molecule has 0 aromatic heterocycles. The van der Waals surface area contributed by atoms with Crippen molar-refractivity contribution in [3.05, 3.63) is 48.0 Å². The number of rotatable bonds is 18. The predicted octanol–water partition coefficient (Wildman–Crippen LogP) is 9.66. The molecule has 0 radical (unpaired) electrons. The first-order valence-corrected chi connectivity index (χ1v) is 13.8. The molecule has 32 heavy (non-hydrogen) atoms. The second-order valence-electron chi connectivity index (χ2n) is 9.10. The van der Waals surface area contributed by atoms with Crippen molar-refractivity contribution < 1.29 is 10.2 Å². The molecule has 0 bridgehead atoms. The van der Waals surface area contributed by atoms with Gasteiger partial charge in [0.2, 0.25) is 0 Å². The molecule has 0 aliphatic carbocycles. The van der Waals surface area contributed by atoms with E-state index >= 15 is 0 Å². The molecule has 2 nitrogen and oxygen atoms in total. The van der Waals surface area contributed by atoms with E-state index in [0.717, 1.165) is 16.2 Å². The summed E-state index contributed by atoms with van der Waals surface area (Å²) in [5.41, 5.74) is 1.39. The van der Waals surface area contributed by atoms with Gasteiger partial charge >= 0.3 is 0 Å². The van der Waals surface area contributed by atoms with Crippen molar-refractivity contribution in [1.82, 2.24) is 0 Å². The zero-order valence-corrected chi connectivity index (χ0v) is 21.0. The monoisotopic (exact) mass is 456 g/mol. The lowest BCUT2D eigenvalue weighted by Gasteiger charge is -2.07. The van der Waals surface area contributed by atoms with Crippen LogP contribution in [0.15, 0.2) is 52.3 Å². The minimum atomic E-state index is 0.0886. The maximum atomic E-state index is 9.93. The molecule has 3 heteroatoms. The van der Waals surface area contributed by atoms with Crippen molar-refractivity contribution >= 4 is 11.8 Å². The second-order valence-corrected chi connectivity index (χ2v) is 10.2. The molecule has 2 aromatic rings. The van der Waals surface area contributed by atoms with E-state index in [1.165, 1.54) is 120 Å². The van der Waals surface area contributed by atoms with Crippen molar-refractivity contribution in [2.75, 3.05) is 0 Å². The highest BCUT2D eigenvalue weighted by atomic mass is 32.2. The number of aromatic hydroxyl groups is 2. The molecule has 0 aliphatic heterocycles. The maximum Gasteiger partial charge on any atom is 0.133 e. The summed E-state index contributed by atoms with van der Waals surface area (Å²) in [5, 5.41) is 19.3. The van der Waals surface area contributed by atoms with Crippen LogP contribution >= 0.6 is 11.8 Å². The third kappa shape index (κ3) is 11.9. The molecule has 2 rings (SSSR count). The van der Waals surface area contributed by atoms with Crippen LogP contribution < -0.4 is 0 Å². The zero-order valence-electron chi connectivity index (χ0n) is 20.2.